The highest BCUT2D eigenvalue weighted by molar-refractivity contribution is 5.85. The standard InChI is InChI=1S/C9H16O3/c1-4-5-8(12-3)6-7(2)9(10)11/h6,8H,4-5H2,1-3H3,(H,10,11). The van der Waals surface area contributed by atoms with Crippen molar-refractivity contribution in [2.75, 3.05) is 7.11 Å². The Labute approximate surface area is 73.0 Å². The summed E-state index contributed by atoms with van der Waals surface area (Å²) in [5.74, 6) is -0.881. The van der Waals surface area contributed by atoms with E-state index >= 15 is 0 Å². The Morgan fingerprint density at radius 1 is 1.67 bits per heavy atom. The summed E-state index contributed by atoms with van der Waals surface area (Å²) < 4.78 is 5.07. The molecule has 3 heteroatoms. The third-order valence-electron chi connectivity index (χ3n) is 1.65. The molecular formula is C9H16O3. The summed E-state index contributed by atoms with van der Waals surface area (Å²) in [6.07, 6.45) is 3.43. The predicted molar refractivity (Wildman–Crippen MR) is 47.1 cm³/mol. The van der Waals surface area contributed by atoms with Crippen molar-refractivity contribution in [2.24, 2.45) is 0 Å². The molecule has 0 aromatic heterocycles. The third kappa shape index (κ3) is 4.13. The quantitative estimate of drug-likeness (QED) is 0.643. The van der Waals surface area contributed by atoms with Gasteiger partial charge in [-0.05, 0) is 19.4 Å². The summed E-state index contributed by atoms with van der Waals surface area (Å²) in [4.78, 5) is 10.4. The van der Waals surface area contributed by atoms with Crippen molar-refractivity contribution in [3.05, 3.63) is 11.6 Å². The van der Waals surface area contributed by atoms with Crippen LogP contribution in [0.25, 0.3) is 0 Å². The number of carboxylic acid groups (broad SMARTS) is 1. The van der Waals surface area contributed by atoms with Crippen molar-refractivity contribution in [3.63, 3.8) is 0 Å². The van der Waals surface area contributed by atoms with Crippen molar-refractivity contribution in [3.8, 4) is 0 Å². The number of ether oxygens (including phenoxy) is 1. The first kappa shape index (κ1) is 11.2. The summed E-state index contributed by atoms with van der Waals surface area (Å²) in [5.41, 5.74) is 0.343. The molecule has 0 aliphatic heterocycles. The van der Waals surface area contributed by atoms with Gasteiger partial charge in [-0.2, -0.15) is 0 Å². The normalized spacial score (nSPS) is 14.4. The van der Waals surface area contributed by atoms with E-state index < -0.39 is 5.97 Å². The molecular weight excluding hydrogens is 156 g/mol. The molecule has 0 heterocycles. The maximum Gasteiger partial charge on any atom is 0.331 e. The molecule has 0 aliphatic rings. The first-order valence-electron chi connectivity index (χ1n) is 4.06. The molecule has 0 bridgehead atoms. The third-order valence-corrected chi connectivity index (χ3v) is 1.65. The van der Waals surface area contributed by atoms with Gasteiger partial charge in [0.1, 0.15) is 0 Å². The monoisotopic (exact) mass is 172 g/mol. The van der Waals surface area contributed by atoms with Crippen LogP contribution in [0.3, 0.4) is 0 Å². The van der Waals surface area contributed by atoms with Crippen LogP contribution in [0.4, 0.5) is 0 Å². The number of rotatable bonds is 5. The minimum absolute atomic E-state index is 0.0638. The lowest BCUT2D eigenvalue weighted by atomic mass is 10.1. The van der Waals surface area contributed by atoms with Crippen LogP contribution in [0.2, 0.25) is 0 Å². The number of carboxylic acids is 1. The van der Waals surface area contributed by atoms with Crippen LogP contribution in [-0.2, 0) is 9.53 Å². The molecule has 0 amide bonds. The fourth-order valence-corrected chi connectivity index (χ4v) is 0.904. The summed E-state index contributed by atoms with van der Waals surface area (Å²) in [6.45, 7) is 3.61. The van der Waals surface area contributed by atoms with Gasteiger partial charge < -0.3 is 9.84 Å². The van der Waals surface area contributed by atoms with Crippen LogP contribution in [0.15, 0.2) is 11.6 Å². The molecule has 0 saturated carbocycles. The maximum absolute atomic E-state index is 10.4. The summed E-state index contributed by atoms with van der Waals surface area (Å²) >= 11 is 0. The molecule has 1 N–H and O–H groups in total. The van der Waals surface area contributed by atoms with Gasteiger partial charge in [0, 0.05) is 12.7 Å². The van der Waals surface area contributed by atoms with Gasteiger partial charge in [0.15, 0.2) is 0 Å². The fourth-order valence-electron chi connectivity index (χ4n) is 0.904. The predicted octanol–water partition coefficient (Wildman–Crippen LogP) is 1.83. The second-order valence-corrected chi connectivity index (χ2v) is 2.72. The van der Waals surface area contributed by atoms with Gasteiger partial charge in [-0.3, -0.25) is 0 Å². The molecule has 1 atom stereocenters. The molecule has 0 aromatic carbocycles. The largest absolute Gasteiger partial charge is 0.478 e. The minimum atomic E-state index is -0.881. The average molecular weight is 172 g/mol. The van der Waals surface area contributed by atoms with Crippen LogP contribution in [0.5, 0.6) is 0 Å². The topological polar surface area (TPSA) is 46.5 Å². The second kappa shape index (κ2) is 5.77. The molecule has 1 unspecified atom stereocenters. The van der Waals surface area contributed by atoms with Crippen molar-refractivity contribution < 1.29 is 14.6 Å². The van der Waals surface area contributed by atoms with Gasteiger partial charge in [-0.25, -0.2) is 4.79 Å². The Bertz CT molecular complexity index is 173. The molecule has 0 radical (unpaired) electrons. The summed E-state index contributed by atoms with van der Waals surface area (Å²) in [7, 11) is 1.59. The van der Waals surface area contributed by atoms with E-state index in [4.69, 9.17) is 9.84 Å². The molecule has 0 fully saturated rings. The van der Waals surface area contributed by atoms with Gasteiger partial charge in [0.2, 0.25) is 0 Å². The van der Waals surface area contributed by atoms with Crippen molar-refractivity contribution in [2.45, 2.75) is 32.8 Å². The average Bonchev–Trinajstić information content (AvgIpc) is 2.03. The zero-order valence-electron chi connectivity index (χ0n) is 7.83. The molecule has 0 rings (SSSR count). The van der Waals surface area contributed by atoms with Crippen LogP contribution < -0.4 is 0 Å². The van der Waals surface area contributed by atoms with Gasteiger partial charge in [-0.1, -0.05) is 13.3 Å². The van der Waals surface area contributed by atoms with Gasteiger partial charge in [0.05, 0.1) is 6.10 Å². The number of hydrogen-bond donors (Lipinski definition) is 1. The second-order valence-electron chi connectivity index (χ2n) is 2.72. The van der Waals surface area contributed by atoms with Crippen molar-refractivity contribution in [1.82, 2.24) is 0 Å². The zero-order valence-corrected chi connectivity index (χ0v) is 7.83. The summed E-state index contributed by atoms with van der Waals surface area (Å²) in [5, 5.41) is 8.57. The van der Waals surface area contributed by atoms with E-state index in [1.54, 1.807) is 20.1 Å². The number of carbonyl (C=O) groups is 1. The highest BCUT2D eigenvalue weighted by atomic mass is 16.5. The lowest BCUT2D eigenvalue weighted by Crippen LogP contribution is -2.09. The smallest absolute Gasteiger partial charge is 0.331 e. The lowest BCUT2D eigenvalue weighted by molar-refractivity contribution is -0.132. The van der Waals surface area contributed by atoms with E-state index in [9.17, 15) is 4.79 Å². The maximum atomic E-state index is 10.4. The first-order valence-corrected chi connectivity index (χ1v) is 4.06. The summed E-state index contributed by atoms with van der Waals surface area (Å²) in [6, 6.07) is 0. The van der Waals surface area contributed by atoms with E-state index in [0.29, 0.717) is 5.57 Å². The van der Waals surface area contributed by atoms with E-state index in [2.05, 4.69) is 0 Å². The Morgan fingerprint density at radius 2 is 2.25 bits per heavy atom. The fraction of sp³-hybridized carbons (Fsp3) is 0.667. The highest BCUT2D eigenvalue weighted by Crippen LogP contribution is 2.05. The van der Waals surface area contributed by atoms with Crippen LogP contribution >= 0.6 is 0 Å². The number of aliphatic carboxylic acids is 1. The molecule has 70 valence electrons. The first-order chi connectivity index (χ1) is 5.61. The lowest BCUT2D eigenvalue weighted by Gasteiger charge is -2.09. The van der Waals surface area contributed by atoms with Crippen LogP contribution in [0, 0.1) is 0 Å². The van der Waals surface area contributed by atoms with Crippen LogP contribution in [0.1, 0.15) is 26.7 Å². The number of hydrogen-bond acceptors (Lipinski definition) is 2. The van der Waals surface area contributed by atoms with Crippen molar-refractivity contribution >= 4 is 5.97 Å². The van der Waals surface area contributed by atoms with Crippen LogP contribution in [-0.4, -0.2) is 24.3 Å². The van der Waals surface area contributed by atoms with Gasteiger partial charge in [0.25, 0.3) is 0 Å². The van der Waals surface area contributed by atoms with E-state index in [1.165, 1.54) is 0 Å². The van der Waals surface area contributed by atoms with E-state index in [-0.39, 0.29) is 6.10 Å². The SMILES string of the molecule is CCCC(C=C(C)C(=O)O)OC. The van der Waals surface area contributed by atoms with E-state index in [1.807, 2.05) is 6.92 Å². The van der Waals surface area contributed by atoms with Crippen molar-refractivity contribution in [1.29, 1.82) is 0 Å². The number of methoxy groups -OCH3 is 1. The molecule has 0 aromatic rings. The molecule has 0 spiro atoms. The Balaban J connectivity index is 4.14. The zero-order chi connectivity index (χ0) is 9.56. The molecule has 3 nitrogen and oxygen atoms in total. The Morgan fingerprint density at radius 3 is 2.58 bits per heavy atom. The highest BCUT2D eigenvalue weighted by Gasteiger charge is 2.06. The minimum Gasteiger partial charge on any atom is -0.478 e. The molecule has 0 aliphatic carbocycles. The molecule has 0 saturated heterocycles. The van der Waals surface area contributed by atoms with Gasteiger partial charge >= 0.3 is 5.97 Å². The Kier molecular flexibility index (Phi) is 5.37. The molecule has 12 heavy (non-hydrogen) atoms. The van der Waals surface area contributed by atoms with Gasteiger partial charge in [-0.15, -0.1) is 0 Å². The Hall–Kier alpha value is -0.830. The van der Waals surface area contributed by atoms with E-state index in [0.717, 1.165) is 12.8 Å².